The van der Waals surface area contributed by atoms with Crippen LogP contribution in [0.2, 0.25) is 0 Å². The fourth-order valence-corrected chi connectivity index (χ4v) is 3.77. The van der Waals surface area contributed by atoms with Gasteiger partial charge < -0.3 is 14.8 Å². The highest BCUT2D eigenvalue weighted by atomic mass is 16.5. The van der Waals surface area contributed by atoms with Gasteiger partial charge in [-0.2, -0.15) is 5.10 Å². The number of anilines is 1. The molecule has 0 radical (unpaired) electrons. The monoisotopic (exact) mass is 466 g/mol. The first kappa shape index (κ1) is 25.2. The van der Waals surface area contributed by atoms with Crippen molar-refractivity contribution >= 4 is 23.2 Å². The van der Waals surface area contributed by atoms with E-state index >= 15 is 0 Å². The molecule has 8 nitrogen and oxygen atoms in total. The van der Waals surface area contributed by atoms with E-state index in [0.717, 1.165) is 35.6 Å². The van der Waals surface area contributed by atoms with E-state index in [1.165, 1.54) is 5.01 Å². The number of likely N-dealkylation sites (N-methyl/N-ethyl adjacent to an activating group) is 1. The summed E-state index contributed by atoms with van der Waals surface area (Å²) in [6.07, 6.45) is 0.971. The van der Waals surface area contributed by atoms with E-state index in [1.807, 2.05) is 63.2 Å². The van der Waals surface area contributed by atoms with Crippen LogP contribution in [0.25, 0.3) is 0 Å². The van der Waals surface area contributed by atoms with Crippen LogP contribution in [0.1, 0.15) is 44.7 Å². The van der Waals surface area contributed by atoms with Crippen LogP contribution >= 0.6 is 0 Å². The molecule has 0 bridgehead atoms. The summed E-state index contributed by atoms with van der Waals surface area (Å²) in [5.41, 5.74) is 3.41. The van der Waals surface area contributed by atoms with E-state index in [4.69, 9.17) is 9.47 Å². The number of methoxy groups -OCH3 is 1. The second-order valence-corrected chi connectivity index (χ2v) is 8.00. The molecular weight excluding hydrogens is 432 g/mol. The molecule has 0 spiro atoms. The van der Waals surface area contributed by atoms with Crippen LogP contribution in [0.3, 0.4) is 0 Å². The lowest BCUT2D eigenvalue weighted by molar-refractivity contribution is -0.132. The zero-order valence-electron chi connectivity index (χ0n) is 20.5. The number of amides is 2. The summed E-state index contributed by atoms with van der Waals surface area (Å²) in [7, 11) is 1.61. The standard InChI is InChI=1S/C26H34N4O4/c1-5-29(6-2)18-25(31)27-21-11-8-19(9-12-21)17-30-26(32)15-13-22(28-30)20-10-14-23(33-4)24(16-20)34-7-3/h8-12,14,16H,5-7,13,15,17-18H2,1-4H3,(H,27,31). The summed E-state index contributed by atoms with van der Waals surface area (Å²) in [4.78, 5) is 26.8. The molecule has 0 fully saturated rings. The third kappa shape index (κ3) is 6.57. The lowest BCUT2D eigenvalue weighted by Crippen LogP contribution is -2.33. The first-order valence-electron chi connectivity index (χ1n) is 11.8. The number of hydrogen-bond acceptors (Lipinski definition) is 6. The van der Waals surface area contributed by atoms with Gasteiger partial charge in [-0.25, -0.2) is 5.01 Å². The number of benzene rings is 2. The second-order valence-electron chi connectivity index (χ2n) is 8.00. The Bertz CT molecular complexity index is 1020. The summed E-state index contributed by atoms with van der Waals surface area (Å²) in [5.74, 6) is 1.27. The number of carbonyl (C=O) groups is 2. The van der Waals surface area contributed by atoms with E-state index in [-0.39, 0.29) is 11.8 Å². The third-order valence-electron chi connectivity index (χ3n) is 5.73. The summed E-state index contributed by atoms with van der Waals surface area (Å²) in [5, 5.41) is 9.07. The zero-order chi connectivity index (χ0) is 24.5. The Morgan fingerprint density at radius 1 is 1.06 bits per heavy atom. The molecule has 1 N–H and O–H groups in total. The van der Waals surface area contributed by atoms with Crippen LogP contribution in [0.4, 0.5) is 5.69 Å². The van der Waals surface area contributed by atoms with Gasteiger partial charge in [0.25, 0.3) is 0 Å². The van der Waals surface area contributed by atoms with Crippen LogP contribution in [0.15, 0.2) is 47.6 Å². The number of ether oxygens (including phenoxy) is 2. The minimum atomic E-state index is -0.0391. The zero-order valence-corrected chi connectivity index (χ0v) is 20.5. The second kappa shape index (κ2) is 12.2. The Balaban J connectivity index is 1.69. The number of rotatable bonds is 11. The highest BCUT2D eigenvalue weighted by Crippen LogP contribution is 2.30. The van der Waals surface area contributed by atoms with Crippen molar-refractivity contribution in [2.75, 3.05) is 38.7 Å². The minimum absolute atomic E-state index is 0.0149. The highest BCUT2D eigenvalue weighted by molar-refractivity contribution is 6.04. The van der Waals surface area contributed by atoms with E-state index in [9.17, 15) is 9.59 Å². The number of hydrazone groups is 1. The van der Waals surface area contributed by atoms with Crippen molar-refractivity contribution in [2.24, 2.45) is 5.10 Å². The normalized spacial score (nSPS) is 13.6. The summed E-state index contributed by atoms with van der Waals surface area (Å²) in [6, 6.07) is 13.2. The van der Waals surface area contributed by atoms with Crippen molar-refractivity contribution in [3.8, 4) is 11.5 Å². The van der Waals surface area contributed by atoms with Crippen molar-refractivity contribution in [3.05, 3.63) is 53.6 Å². The van der Waals surface area contributed by atoms with Gasteiger partial charge in [0, 0.05) is 24.1 Å². The molecule has 1 aliphatic heterocycles. The average molecular weight is 467 g/mol. The lowest BCUT2D eigenvalue weighted by atomic mass is 10.0. The molecular formula is C26H34N4O4. The van der Waals surface area contributed by atoms with Crippen LogP contribution in [0.5, 0.6) is 11.5 Å². The van der Waals surface area contributed by atoms with Crippen LogP contribution in [-0.2, 0) is 16.1 Å². The van der Waals surface area contributed by atoms with Gasteiger partial charge in [0.05, 0.1) is 32.5 Å². The van der Waals surface area contributed by atoms with Gasteiger partial charge >= 0.3 is 0 Å². The fourth-order valence-electron chi connectivity index (χ4n) is 3.77. The van der Waals surface area contributed by atoms with Crippen molar-refractivity contribution in [3.63, 3.8) is 0 Å². The van der Waals surface area contributed by atoms with Crippen LogP contribution in [0, 0.1) is 0 Å². The molecule has 34 heavy (non-hydrogen) atoms. The molecule has 1 aliphatic rings. The lowest BCUT2D eigenvalue weighted by Gasteiger charge is -2.24. The van der Waals surface area contributed by atoms with Gasteiger partial charge in [0.15, 0.2) is 11.5 Å². The van der Waals surface area contributed by atoms with E-state index in [2.05, 4.69) is 15.3 Å². The predicted octanol–water partition coefficient (Wildman–Crippen LogP) is 3.90. The van der Waals surface area contributed by atoms with Gasteiger partial charge in [-0.3, -0.25) is 14.5 Å². The van der Waals surface area contributed by atoms with Crippen molar-refractivity contribution in [1.82, 2.24) is 9.91 Å². The SMILES string of the molecule is CCOc1cc(C2=NN(Cc3ccc(NC(=O)CN(CC)CC)cc3)C(=O)CC2)ccc1OC. The van der Waals surface area contributed by atoms with Gasteiger partial charge in [-0.15, -0.1) is 0 Å². The molecule has 2 aromatic rings. The summed E-state index contributed by atoms with van der Waals surface area (Å²) in [6.45, 7) is 8.92. The number of hydrogen-bond donors (Lipinski definition) is 1. The molecule has 3 rings (SSSR count). The molecule has 0 saturated carbocycles. The summed E-state index contributed by atoms with van der Waals surface area (Å²) < 4.78 is 11.0. The van der Waals surface area contributed by atoms with Crippen LogP contribution in [-0.4, -0.2) is 60.8 Å². The molecule has 0 aromatic heterocycles. The van der Waals surface area contributed by atoms with Gasteiger partial charge in [0.1, 0.15) is 0 Å². The maximum Gasteiger partial charge on any atom is 0.243 e. The minimum Gasteiger partial charge on any atom is -0.493 e. The molecule has 182 valence electrons. The molecule has 2 aromatic carbocycles. The largest absolute Gasteiger partial charge is 0.493 e. The first-order chi connectivity index (χ1) is 16.5. The van der Waals surface area contributed by atoms with E-state index in [1.54, 1.807) is 7.11 Å². The van der Waals surface area contributed by atoms with Gasteiger partial charge in [-0.1, -0.05) is 26.0 Å². The molecule has 0 atom stereocenters. The highest BCUT2D eigenvalue weighted by Gasteiger charge is 2.22. The van der Waals surface area contributed by atoms with Crippen molar-refractivity contribution in [2.45, 2.75) is 40.2 Å². The fraction of sp³-hybridized carbons (Fsp3) is 0.423. The van der Waals surface area contributed by atoms with E-state index < -0.39 is 0 Å². The molecule has 8 heteroatoms. The maximum absolute atomic E-state index is 12.5. The molecule has 2 amide bonds. The first-order valence-corrected chi connectivity index (χ1v) is 11.8. The molecule has 0 aliphatic carbocycles. The Labute approximate surface area is 201 Å². The predicted molar refractivity (Wildman–Crippen MR) is 133 cm³/mol. The third-order valence-corrected chi connectivity index (χ3v) is 5.73. The number of nitrogens with zero attached hydrogens (tertiary/aromatic N) is 3. The van der Waals surface area contributed by atoms with Gasteiger partial charge in [-0.05, 0) is 55.9 Å². The van der Waals surface area contributed by atoms with Crippen molar-refractivity contribution in [1.29, 1.82) is 0 Å². The smallest absolute Gasteiger partial charge is 0.243 e. The Morgan fingerprint density at radius 2 is 1.79 bits per heavy atom. The van der Waals surface area contributed by atoms with Crippen LogP contribution < -0.4 is 14.8 Å². The maximum atomic E-state index is 12.5. The summed E-state index contributed by atoms with van der Waals surface area (Å²) >= 11 is 0. The number of nitrogens with one attached hydrogen (secondary N) is 1. The van der Waals surface area contributed by atoms with E-state index in [0.29, 0.717) is 44.0 Å². The van der Waals surface area contributed by atoms with Crippen molar-refractivity contribution < 1.29 is 19.1 Å². The molecule has 0 unspecified atom stereocenters. The van der Waals surface area contributed by atoms with Gasteiger partial charge in [0.2, 0.25) is 11.8 Å². The molecule has 1 heterocycles. The Hall–Kier alpha value is -3.39. The Morgan fingerprint density at radius 3 is 2.44 bits per heavy atom. The Kier molecular flexibility index (Phi) is 9.04. The number of carbonyl (C=O) groups excluding carboxylic acids is 2. The molecule has 0 saturated heterocycles. The average Bonchev–Trinajstić information content (AvgIpc) is 2.85. The topological polar surface area (TPSA) is 83.5 Å². The quantitative estimate of drug-likeness (QED) is 0.543.